The van der Waals surface area contributed by atoms with Crippen molar-refractivity contribution in [3.8, 4) is 0 Å². The van der Waals surface area contributed by atoms with Gasteiger partial charge >= 0.3 is 0 Å². The third-order valence-electron chi connectivity index (χ3n) is 2.39. The Bertz CT molecular complexity index is 236. The lowest BCUT2D eigenvalue weighted by atomic mass is 10.1. The Hall–Kier alpha value is -1.03. The van der Waals surface area contributed by atoms with Gasteiger partial charge in [-0.1, -0.05) is 6.92 Å². The first-order valence-electron chi connectivity index (χ1n) is 5.05. The molecule has 1 aliphatic rings. The normalized spacial score (nSPS) is 28.6. The van der Waals surface area contributed by atoms with E-state index in [4.69, 9.17) is 9.94 Å². The smallest absolute Gasteiger partial charge is 0.120 e. The first kappa shape index (κ1) is 11.0. The summed E-state index contributed by atoms with van der Waals surface area (Å²) in [6.45, 7) is 4.62. The maximum absolute atomic E-state index is 8.85. The first-order chi connectivity index (χ1) is 6.77. The van der Waals surface area contributed by atoms with Gasteiger partial charge in [-0.3, -0.25) is 15.7 Å². The molecular formula is C10H18N2O2. The Morgan fingerprint density at radius 1 is 1.71 bits per heavy atom. The van der Waals surface area contributed by atoms with E-state index in [1.165, 1.54) is 0 Å². The van der Waals surface area contributed by atoms with Crippen molar-refractivity contribution >= 4 is 6.21 Å². The average Bonchev–Trinajstić information content (AvgIpc) is 2.29. The molecule has 0 amide bonds. The Labute approximate surface area is 84.6 Å². The van der Waals surface area contributed by atoms with Gasteiger partial charge in [0.05, 0.1) is 12.8 Å². The fraction of sp³-hybridized carbons (Fsp3) is 0.700. The van der Waals surface area contributed by atoms with Crippen LogP contribution in [-0.4, -0.2) is 24.1 Å². The molecule has 4 nitrogen and oxygen atoms in total. The zero-order valence-electron chi connectivity index (χ0n) is 8.79. The van der Waals surface area contributed by atoms with Crippen LogP contribution >= 0.6 is 0 Å². The first-order valence-corrected chi connectivity index (χ1v) is 5.05. The summed E-state index contributed by atoms with van der Waals surface area (Å²) in [6, 6.07) is 0.341. The van der Waals surface area contributed by atoms with E-state index in [2.05, 4.69) is 17.4 Å². The highest BCUT2D eigenvalue weighted by atomic mass is 16.5. The number of hydrogen-bond acceptors (Lipinski definition) is 4. The molecule has 0 fully saturated rings. The molecule has 0 aromatic rings. The van der Waals surface area contributed by atoms with Crippen molar-refractivity contribution in [3.63, 3.8) is 0 Å². The Morgan fingerprint density at radius 3 is 3.14 bits per heavy atom. The fourth-order valence-electron chi connectivity index (χ4n) is 1.38. The van der Waals surface area contributed by atoms with E-state index in [-0.39, 0.29) is 0 Å². The van der Waals surface area contributed by atoms with Gasteiger partial charge in [0.1, 0.15) is 11.5 Å². The molecule has 1 heterocycles. The van der Waals surface area contributed by atoms with Crippen LogP contribution in [0.5, 0.6) is 0 Å². The SMILES string of the molecule is CCC1CCCO/C(C)=C(\NO)C=N1. The summed E-state index contributed by atoms with van der Waals surface area (Å²) < 4.78 is 5.43. The van der Waals surface area contributed by atoms with Crippen molar-refractivity contribution in [2.45, 2.75) is 39.2 Å². The summed E-state index contributed by atoms with van der Waals surface area (Å²) in [5, 5.41) is 8.85. The predicted molar refractivity (Wildman–Crippen MR) is 55.4 cm³/mol. The van der Waals surface area contributed by atoms with Gasteiger partial charge in [0.2, 0.25) is 0 Å². The number of nitrogens with zero attached hydrogens (tertiary/aromatic N) is 1. The molecule has 1 unspecified atom stereocenters. The molecule has 14 heavy (non-hydrogen) atoms. The fourth-order valence-corrected chi connectivity index (χ4v) is 1.38. The molecule has 1 aliphatic heterocycles. The van der Waals surface area contributed by atoms with Gasteiger partial charge in [-0.05, 0) is 26.2 Å². The second-order valence-electron chi connectivity index (χ2n) is 3.41. The van der Waals surface area contributed by atoms with Gasteiger partial charge in [-0.15, -0.1) is 0 Å². The maximum Gasteiger partial charge on any atom is 0.120 e. The maximum atomic E-state index is 8.85. The van der Waals surface area contributed by atoms with Crippen molar-refractivity contribution in [3.05, 3.63) is 11.5 Å². The molecule has 0 bridgehead atoms. The molecular weight excluding hydrogens is 180 g/mol. The second kappa shape index (κ2) is 5.65. The van der Waals surface area contributed by atoms with Crippen molar-refractivity contribution in [2.24, 2.45) is 4.99 Å². The molecule has 0 spiro atoms. The van der Waals surface area contributed by atoms with E-state index in [1.807, 2.05) is 6.92 Å². The zero-order valence-corrected chi connectivity index (χ0v) is 8.79. The molecule has 1 atom stereocenters. The third kappa shape index (κ3) is 3.03. The quantitative estimate of drug-likeness (QED) is 0.666. The van der Waals surface area contributed by atoms with Crippen molar-refractivity contribution in [2.75, 3.05) is 6.61 Å². The molecule has 0 aromatic carbocycles. The van der Waals surface area contributed by atoms with E-state index in [0.717, 1.165) is 19.3 Å². The Kier molecular flexibility index (Phi) is 4.46. The monoisotopic (exact) mass is 198 g/mol. The van der Waals surface area contributed by atoms with Crippen LogP contribution in [0.1, 0.15) is 33.1 Å². The number of nitrogens with one attached hydrogen (secondary N) is 1. The number of aliphatic imine (C=N–C) groups is 1. The number of hydroxylamine groups is 1. The summed E-state index contributed by atoms with van der Waals surface area (Å²) in [5.74, 6) is 0.688. The Morgan fingerprint density at radius 2 is 2.50 bits per heavy atom. The highest BCUT2D eigenvalue weighted by Crippen LogP contribution is 2.11. The van der Waals surface area contributed by atoms with Crippen LogP contribution in [0, 0.1) is 0 Å². The minimum Gasteiger partial charge on any atom is -0.496 e. The molecule has 1 rings (SSSR count). The van der Waals surface area contributed by atoms with E-state index in [9.17, 15) is 0 Å². The number of allylic oxidation sites excluding steroid dienone is 2. The van der Waals surface area contributed by atoms with Crippen LogP contribution < -0.4 is 5.48 Å². The average molecular weight is 198 g/mol. The largest absolute Gasteiger partial charge is 0.496 e. The minimum absolute atomic E-state index is 0.341. The van der Waals surface area contributed by atoms with Gasteiger partial charge in [0.15, 0.2) is 0 Å². The van der Waals surface area contributed by atoms with Gasteiger partial charge in [-0.25, -0.2) is 0 Å². The van der Waals surface area contributed by atoms with Crippen LogP contribution in [0.3, 0.4) is 0 Å². The van der Waals surface area contributed by atoms with Crippen LogP contribution in [0.25, 0.3) is 0 Å². The van der Waals surface area contributed by atoms with E-state index in [0.29, 0.717) is 24.1 Å². The third-order valence-corrected chi connectivity index (χ3v) is 2.39. The van der Waals surface area contributed by atoms with Gasteiger partial charge in [-0.2, -0.15) is 0 Å². The molecule has 0 aliphatic carbocycles. The highest BCUT2D eigenvalue weighted by molar-refractivity contribution is 5.78. The lowest BCUT2D eigenvalue weighted by Crippen LogP contribution is -2.12. The van der Waals surface area contributed by atoms with Crippen LogP contribution in [0.4, 0.5) is 0 Å². The number of rotatable bonds is 2. The van der Waals surface area contributed by atoms with Crippen LogP contribution in [0.15, 0.2) is 16.4 Å². The molecule has 0 radical (unpaired) electrons. The van der Waals surface area contributed by atoms with Gasteiger partial charge in [0, 0.05) is 6.04 Å². The summed E-state index contributed by atoms with van der Waals surface area (Å²) in [7, 11) is 0. The number of hydrogen-bond donors (Lipinski definition) is 2. The van der Waals surface area contributed by atoms with Gasteiger partial charge < -0.3 is 4.74 Å². The van der Waals surface area contributed by atoms with Gasteiger partial charge in [0.25, 0.3) is 0 Å². The standard InChI is InChI=1S/C10H18N2O2/c1-3-9-5-4-6-14-8(2)10(12-13)7-11-9/h7,9,12-13H,3-6H2,1-2H3/b10-8-,11-7?. The van der Waals surface area contributed by atoms with Crippen LogP contribution in [-0.2, 0) is 4.74 Å². The summed E-state index contributed by atoms with van der Waals surface area (Å²) in [4.78, 5) is 4.38. The van der Waals surface area contributed by atoms with Crippen molar-refractivity contribution < 1.29 is 9.94 Å². The van der Waals surface area contributed by atoms with E-state index < -0.39 is 0 Å². The second-order valence-corrected chi connectivity index (χ2v) is 3.41. The number of ether oxygens (including phenoxy) is 1. The predicted octanol–water partition coefficient (Wildman–Crippen LogP) is 1.86. The molecule has 0 saturated heterocycles. The van der Waals surface area contributed by atoms with Crippen LogP contribution in [0.2, 0.25) is 0 Å². The Balaban J connectivity index is 2.75. The van der Waals surface area contributed by atoms with Crippen molar-refractivity contribution in [1.29, 1.82) is 0 Å². The van der Waals surface area contributed by atoms with E-state index >= 15 is 0 Å². The summed E-state index contributed by atoms with van der Waals surface area (Å²) in [6.07, 6.45) is 4.72. The zero-order chi connectivity index (χ0) is 10.4. The van der Waals surface area contributed by atoms with Crippen molar-refractivity contribution in [1.82, 2.24) is 5.48 Å². The topological polar surface area (TPSA) is 53.8 Å². The minimum atomic E-state index is 0.341. The summed E-state index contributed by atoms with van der Waals surface area (Å²) >= 11 is 0. The molecule has 80 valence electrons. The molecule has 0 saturated carbocycles. The molecule has 0 aromatic heterocycles. The highest BCUT2D eigenvalue weighted by Gasteiger charge is 2.08. The lowest BCUT2D eigenvalue weighted by Gasteiger charge is -2.08. The molecule has 4 heteroatoms. The lowest BCUT2D eigenvalue weighted by molar-refractivity contribution is 0.174. The van der Waals surface area contributed by atoms with E-state index in [1.54, 1.807) is 6.21 Å². The molecule has 2 N–H and O–H groups in total. The summed E-state index contributed by atoms with van der Waals surface area (Å²) in [5.41, 5.74) is 2.65.